The fourth-order valence-corrected chi connectivity index (χ4v) is 6.17. The minimum absolute atomic E-state index is 0.182. The second-order valence-electron chi connectivity index (χ2n) is 5.36. The zero-order valence-corrected chi connectivity index (χ0v) is 13.9. The van der Waals surface area contributed by atoms with E-state index in [1.54, 1.807) is 21.3 Å². The van der Waals surface area contributed by atoms with E-state index in [4.69, 9.17) is 17.7 Å². The maximum Gasteiger partial charge on any atom is 0.679 e. The molecule has 0 amide bonds. The first-order valence-corrected chi connectivity index (χ1v) is 10.5. The summed E-state index contributed by atoms with van der Waals surface area (Å²) in [6.45, 7) is 4.76. The maximum absolute atomic E-state index is 6.09. The molecule has 0 heterocycles. The number of rotatable bonds is 6. The van der Waals surface area contributed by atoms with Crippen LogP contribution < -0.4 is 0 Å². The normalized spacial score (nSPS) is 34.8. The van der Waals surface area contributed by atoms with Gasteiger partial charge in [0.25, 0.3) is 0 Å². The van der Waals surface area contributed by atoms with Gasteiger partial charge >= 0.3 is 9.05 Å². The molecular formula is C12H23O4Si2. The van der Waals surface area contributed by atoms with E-state index in [1.807, 2.05) is 0 Å². The quantitative estimate of drug-likeness (QED) is 0.554. The molecule has 0 spiro atoms. The molecule has 6 heteroatoms. The number of hydrogen-bond acceptors (Lipinski definition) is 4. The van der Waals surface area contributed by atoms with Gasteiger partial charge in [0, 0.05) is 27.2 Å². The van der Waals surface area contributed by atoms with Crippen LogP contribution in [0.3, 0.4) is 0 Å². The van der Waals surface area contributed by atoms with Crippen molar-refractivity contribution in [3.63, 3.8) is 0 Å². The standard InChI is InChI=1S/C12H23O4Si2/c1-13-18(14-2,15-3)16-11-9-12(17(4)5)7-6-10(11)8-12/h6-7,10-11H,8-9H2,1-5H3. The molecular weight excluding hydrogens is 264 g/mol. The summed E-state index contributed by atoms with van der Waals surface area (Å²) in [6, 6.07) is 0. The number of hydrogen-bond donors (Lipinski definition) is 0. The zero-order valence-electron chi connectivity index (χ0n) is 11.9. The van der Waals surface area contributed by atoms with Crippen LogP contribution in [0.2, 0.25) is 18.1 Å². The van der Waals surface area contributed by atoms with Crippen molar-refractivity contribution in [3.05, 3.63) is 12.2 Å². The van der Waals surface area contributed by atoms with E-state index in [2.05, 4.69) is 25.2 Å². The highest BCUT2D eigenvalue weighted by molar-refractivity contribution is 6.60. The van der Waals surface area contributed by atoms with Gasteiger partial charge in [-0.1, -0.05) is 25.2 Å². The summed E-state index contributed by atoms with van der Waals surface area (Å²) in [7, 11) is 1.50. The molecule has 1 radical (unpaired) electrons. The highest BCUT2D eigenvalue weighted by atomic mass is 28.4. The lowest BCUT2D eigenvalue weighted by Gasteiger charge is -2.32. The molecule has 18 heavy (non-hydrogen) atoms. The predicted octanol–water partition coefficient (Wildman–Crippen LogP) is 2.22. The van der Waals surface area contributed by atoms with Crippen LogP contribution in [0.5, 0.6) is 0 Å². The summed E-state index contributed by atoms with van der Waals surface area (Å²) < 4.78 is 22.2. The Bertz CT molecular complexity index is 322. The molecule has 1 saturated carbocycles. The Morgan fingerprint density at radius 3 is 2.17 bits per heavy atom. The van der Waals surface area contributed by atoms with E-state index in [9.17, 15) is 0 Å². The topological polar surface area (TPSA) is 36.9 Å². The molecule has 2 aliphatic rings. The van der Waals surface area contributed by atoms with Crippen LogP contribution >= 0.6 is 0 Å². The summed E-state index contributed by atoms with van der Waals surface area (Å²) in [4.78, 5) is 0. The second-order valence-corrected chi connectivity index (χ2v) is 10.8. The van der Waals surface area contributed by atoms with E-state index < -0.39 is 9.05 Å². The third-order valence-corrected chi connectivity index (χ3v) is 9.00. The first-order valence-electron chi connectivity index (χ1n) is 6.34. The summed E-state index contributed by atoms with van der Waals surface area (Å²) in [5.41, 5.74) is 0. The van der Waals surface area contributed by atoms with Crippen LogP contribution in [-0.2, 0) is 17.7 Å². The lowest BCUT2D eigenvalue weighted by molar-refractivity contribution is -0.0286. The molecule has 2 aliphatic carbocycles. The SMILES string of the molecule is CO[Si](OC)(OC)OC1CC2([Si](C)C)C=CC1C2. The molecule has 0 aromatic rings. The Kier molecular flexibility index (Phi) is 4.15. The van der Waals surface area contributed by atoms with Crippen LogP contribution in [0.1, 0.15) is 12.8 Å². The fraction of sp³-hybridized carbons (Fsp3) is 0.833. The lowest BCUT2D eigenvalue weighted by atomic mass is 10.0. The molecule has 0 aromatic heterocycles. The van der Waals surface area contributed by atoms with Gasteiger partial charge in [-0.2, -0.15) is 0 Å². The first-order chi connectivity index (χ1) is 8.51. The third kappa shape index (κ3) is 2.25. The van der Waals surface area contributed by atoms with Gasteiger partial charge in [-0.15, -0.1) is 0 Å². The van der Waals surface area contributed by atoms with Crippen LogP contribution in [0.4, 0.5) is 0 Å². The van der Waals surface area contributed by atoms with Gasteiger partial charge in [0.15, 0.2) is 0 Å². The Labute approximate surface area is 112 Å². The van der Waals surface area contributed by atoms with Crippen LogP contribution in [0.25, 0.3) is 0 Å². The van der Waals surface area contributed by atoms with E-state index in [0.717, 1.165) is 6.42 Å². The molecule has 103 valence electrons. The van der Waals surface area contributed by atoms with Gasteiger partial charge in [-0.05, 0) is 17.9 Å². The smallest absolute Gasteiger partial charge is 0.355 e. The molecule has 4 nitrogen and oxygen atoms in total. The summed E-state index contributed by atoms with van der Waals surface area (Å²) >= 11 is 0. The van der Waals surface area contributed by atoms with Crippen molar-refractivity contribution in [2.75, 3.05) is 21.3 Å². The number of allylic oxidation sites excluding steroid dienone is 1. The molecule has 1 fully saturated rings. The molecule has 3 unspecified atom stereocenters. The maximum atomic E-state index is 6.09. The van der Waals surface area contributed by atoms with E-state index in [-0.39, 0.29) is 14.9 Å². The van der Waals surface area contributed by atoms with Crippen LogP contribution in [0, 0.1) is 5.92 Å². The van der Waals surface area contributed by atoms with Crippen molar-refractivity contribution in [2.24, 2.45) is 5.92 Å². The average molecular weight is 287 g/mol. The molecule has 0 aliphatic heterocycles. The molecule has 2 rings (SSSR count). The van der Waals surface area contributed by atoms with Gasteiger partial charge in [-0.25, -0.2) is 0 Å². The van der Waals surface area contributed by atoms with Gasteiger partial charge in [-0.3, -0.25) is 0 Å². The van der Waals surface area contributed by atoms with Crippen molar-refractivity contribution in [1.29, 1.82) is 0 Å². The Morgan fingerprint density at radius 2 is 1.72 bits per heavy atom. The van der Waals surface area contributed by atoms with Crippen molar-refractivity contribution in [3.8, 4) is 0 Å². The van der Waals surface area contributed by atoms with Crippen molar-refractivity contribution >= 4 is 17.8 Å². The molecule has 0 aromatic carbocycles. The van der Waals surface area contributed by atoms with E-state index >= 15 is 0 Å². The Balaban J connectivity index is 2.08. The molecule has 2 bridgehead atoms. The molecule has 0 N–H and O–H groups in total. The Morgan fingerprint density at radius 1 is 1.11 bits per heavy atom. The van der Waals surface area contributed by atoms with Gasteiger partial charge in [0.1, 0.15) is 0 Å². The average Bonchev–Trinajstić information content (AvgIpc) is 2.95. The van der Waals surface area contributed by atoms with Crippen molar-refractivity contribution in [2.45, 2.75) is 37.1 Å². The third-order valence-electron chi connectivity index (χ3n) is 4.35. The first kappa shape index (κ1) is 14.4. The minimum Gasteiger partial charge on any atom is -0.355 e. The largest absolute Gasteiger partial charge is 0.679 e. The molecule has 3 atom stereocenters. The molecule has 0 saturated heterocycles. The highest BCUT2D eigenvalue weighted by Gasteiger charge is 2.54. The zero-order chi connectivity index (χ0) is 13.4. The van der Waals surface area contributed by atoms with E-state index in [1.165, 1.54) is 6.42 Å². The lowest BCUT2D eigenvalue weighted by Crippen LogP contribution is -2.50. The van der Waals surface area contributed by atoms with Crippen molar-refractivity contribution in [1.82, 2.24) is 0 Å². The number of fused-ring (bicyclic) bond motifs is 2. The van der Waals surface area contributed by atoms with Gasteiger partial charge in [0.05, 0.1) is 14.9 Å². The highest BCUT2D eigenvalue weighted by Crippen LogP contribution is 2.57. The summed E-state index contributed by atoms with van der Waals surface area (Å²) in [6.07, 6.45) is 7.22. The van der Waals surface area contributed by atoms with Crippen LogP contribution in [-0.4, -0.2) is 45.3 Å². The van der Waals surface area contributed by atoms with Crippen LogP contribution in [0.15, 0.2) is 12.2 Å². The van der Waals surface area contributed by atoms with Gasteiger partial charge in [0.2, 0.25) is 0 Å². The van der Waals surface area contributed by atoms with Crippen molar-refractivity contribution < 1.29 is 17.7 Å². The van der Waals surface area contributed by atoms with Gasteiger partial charge < -0.3 is 17.7 Å². The predicted molar refractivity (Wildman–Crippen MR) is 73.7 cm³/mol. The summed E-state index contributed by atoms with van der Waals surface area (Å²) in [5, 5.41) is 0.398. The van der Waals surface area contributed by atoms with E-state index in [0.29, 0.717) is 11.0 Å². The monoisotopic (exact) mass is 287 g/mol. The minimum atomic E-state index is -2.91. The fourth-order valence-electron chi connectivity index (χ4n) is 3.07. The Hall–Kier alpha value is 0.0138. The second kappa shape index (κ2) is 5.18. The summed E-state index contributed by atoms with van der Waals surface area (Å²) in [5.74, 6) is 0.497.